The Hall–Kier alpha value is -3.47. The van der Waals surface area contributed by atoms with E-state index in [9.17, 15) is 4.79 Å². The first-order chi connectivity index (χ1) is 17.7. The molecular formula is C27H25ClN2O7. The predicted octanol–water partition coefficient (Wildman–Crippen LogP) is 1.28. The summed E-state index contributed by atoms with van der Waals surface area (Å²) in [6.07, 6.45) is 4.28. The summed E-state index contributed by atoms with van der Waals surface area (Å²) in [5.74, 6) is -0.332. The van der Waals surface area contributed by atoms with E-state index in [1.54, 1.807) is 0 Å². The molecule has 0 fully saturated rings. The van der Waals surface area contributed by atoms with Crippen molar-refractivity contribution in [3.05, 3.63) is 65.2 Å². The van der Waals surface area contributed by atoms with Gasteiger partial charge in [-0.1, -0.05) is 18.2 Å². The molecule has 3 aromatic carbocycles. The zero-order valence-electron chi connectivity index (χ0n) is 20.1. The number of fused-ring (bicyclic) bond motifs is 4. The molecule has 2 aliphatic heterocycles. The molecule has 2 N–H and O–H groups in total. The van der Waals surface area contributed by atoms with Crippen molar-refractivity contribution in [2.45, 2.75) is 25.7 Å². The molecule has 4 aromatic rings. The summed E-state index contributed by atoms with van der Waals surface area (Å²) in [6.45, 7) is 1.95. The lowest BCUT2D eigenvalue weighted by molar-refractivity contribution is -2.00. The van der Waals surface area contributed by atoms with Gasteiger partial charge in [-0.05, 0) is 60.6 Å². The van der Waals surface area contributed by atoms with Gasteiger partial charge in [-0.2, -0.15) is 0 Å². The van der Waals surface area contributed by atoms with E-state index in [0.717, 1.165) is 83.2 Å². The van der Waals surface area contributed by atoms with Crippen LogP contribution in [0.25, 0.3) is 33.1 Å². The fraction of sp³-hybridized carbons (Fsp3) is 0.259. The van der Waals surface area contributed by atoms with Gasteiger partial charge in [0, 0.05) is 30.0 Å². The first kappa shape index (κ1) is 25.2. The van der Waals surface area contributed by atoms with Crippen molar-refractivity contribution in [2.75, 3.05) is 30.8 Å². The Morgan fingerprint density at radius 1 is 0.865 bits per heavy atom. The normalized spacial score (nSPS) is 14.5. The molecule has 2 aliphatic rings. The average molecular weight is 525 g/mol. The molecule has 0 amide bonds. The Balaban J connectivity index is 0.000000514. The second-order valence-electron chi connectivity index (χ2n) is 8.96. The van der Waals surface area contributed by atoms with E-state index in [4.69, 9.17) is 27.8 Å². The molecule has 6 rings (SSSR count). The molecule has 0 saturated heterocycles. The number of carbonyl (C=O) groups excluding carboxylic acids is 1. The van der Waals surface area contributed by atoms with Crippen molar-refractivity contribution in [3.63, 3.8) is 0 Å². The van der Waals surface area contributed by atoms with Gasteiger partial charge < -0.3 is 15.4 Å². The highest BCUT2D eigenvalue weighted by atomic mass is 35.7. The first-order valence-corrected chi connectivity index (χ1v) is 13.1. The van der Waals surface area contributed by atoms with Gasteiger partial charge in [-0.15, -0.1) is 10.2 Å². The van der Waals surface area contributed by atoms with Gasteiger partial charge in [0.15, 0.2) is 0 Å². The van der Waals surface area contributed by atoms with E-state index >= 15 is 0 Å². The van der Waals surface area contributed by atoms with Gasteiger partial charge in [0.25, 0.3) is 0 Å². The minimum absolute atomic E-state index is 0.332. The number of methoxy groups -OCH3 is 1. The Morgan fingerprint density at radius 3 is 1.89 bits per heavy atom. The van der Waals surface area contributed by atoms with Crippen molar-refractivity contribution < 1.29 is 42.8 Å². The maximum atomic E-state index is 12.7. The molecule has 0 unspecified atom stereocenters. The minimum Gasteiger partial charge on any atom is -0.465 e. The third kappa shape index (κ3) is 5.31. The summed E-state index contributed by atoms with van der Waals surface area (Å²) >= 11 is 0. The zero-order valence-corrected chi connectivity index (χ0v) is 20.9. The number of ether oxygens (including phenoxy) is 1. The standard InChI is InChI=1S/C27H25N2O3.ClHO4/c1-31-27(30)19-9-3-2-8-18(19)26-20-12-16-6-4-10-28-22(16)14-24(20)32-25-15-23-17(13-21(25)26)7-5-11-29-23;2-1(3,4)5/h2-3,8-9,12-15,28-29H,4-7,10-11H2,1H3;(H,2,3,4,5)/q+1;/p-1. The van der Waals surface area contributed by atoms with Crippen molar-refractivity contribution in [2.24, 2.45) is 0 Å². The Kier molecular flexibility index (Phi) is 6.89. The highest BCUT2D eigenvalue weighted by molar-refractivity contribution is 6.13. The Bertz CT molecular complexity index is 1420. The topological polar surface area (TPSA) is 154 Å². The van der Waals surface area contributed by atoms with Crippen LogP contribution in [-0.4, -0.2) is 26.2 Å². The number of rotatable bonds is 2. The molecule has 3 heterocycles. The molecule has 1 aromatic heterocycles. The first-order valence-electron chi connectivity index (χ1n) is 11.9. The summed E-state index contributed by atoms with van der Waals surface area (Å²) in [7, 11) is -3.51. The molecule has 9 nitrogen and oxygen atoms in total. The predicted molar refractivity (Wildman–Crippen MR) is 129 cm³/mol. The summed E-state index contributed by atoms with van der Waals surface area (Å²) in [5.41, 5.74) is 8.94. The van der Waals surface area contributed by atoms with Crippen LogP contribution in [0.1, 0.15) is 34.3 Å². The quantitative estimate of drug-likeness (QED) is 0.224. The highest BCUT2D eigenvalue weighted by Gasteiger charge is 2.27. The number of esters is 1. The molecule has 0 aliphatic carbocycles. The highest BCUT2D eigenvalue weighted by Crippen LogP contribution is 2.42. The number of aryl methyl sites for hydroxylation is 2. The fourth-order valence-corrected chi connectivity index (χ4v) is 5.10. The monoisotopic (exact) mass is 524 g/mol. The van der Waals surface area contributed by atoms with Crippen LogP contribution < -0.4 is 29.3 Å². The van der Waals surface area contributed by atoms with E-state index in [1.807, 2.05) is 24.3 Å². The zero-order chi connectivity index (χ0) is 26.2. The van der Waals surface area contributed by atoms with Gasteiger partial charge in [0.2, 0.25) is 0 Å². The third-order valence-electron chi connectivity index (χ3n) is 6.65. The van der Waals surface area contributed by atoms with Gasteiger partial charge >= 0.3 is 17.1 Å². The van der Waals surface area contributed by atoms with Crippen LogP contribution in [0.4, 0.5) is 11.4 Å². The van der Waals surface area contributed by atoms with E-state index in [2.05, 4.69) is 34.9 Å². The second-order valence-corrected chi connectivity index (χ2v) is 9.72. The summed E-state index contributed by atoms with van der Waals surface area (Å²) in [4.78, 5) is 12.7. The van der Waals surface area contributed by atoms with Gasteiger partial charge in [-0.25, -0.2) is 27.8 Å². The molecule has 10 heteroatoms. The van der Waals surface area contributed by atoms with Crippen LogP contribution in [0.15, 0.2) is 52.9 Å². The van der Waals surface area contributed by atoms with Gasteiger partial charge in [-0.3, -0.25) is 0 Å². The lowest BCUT2D eigenvalue weighted by Gasteiger charge is -2.19. The largest absolute Gasteiger partial charge is 0.465 e. The number of carbonyl (C=O) groups is 1. The maximum Gasteiger partial charge on any atom is 0.363 e. The van der Waals surface area contributed by atoms with Crippen molar-refractivity contribution >= 4 is 39.3 Å². The third-order valence-corrected chi connectivity index (χ3v) is 6.65. The van der Waals surface area contributed by atoms with Crippen LogP contribution in [0.3, 0.4) is 0 Å². The second kappa shape index (κ2) is 10.1. The fourth-order valence-electron chi connectivity index (χ4n) is 5.10. The average Bonchev–Trinajstić information content (AvgIpc) is 2.88. The molecule has 0 saturated carbocycles. The van der Waals surface area contributed by atoms with E-state index in [0.29, 0.717) is 5.56 Å². The molecule has 192 valence electrons. The molecule has 0 bridgehead atoms. The lowest BCUT2D eigenvalue weighted by Crippen LogP contribution is -2.68. The van der Waals surface area contributed by atoms with E-state index in [-0.39, 0.29) is 5.97 Å². The number of nitrogens with one attached hydrogen (secondary N) is 2. The smallest absolute Gasteiger partial charge is 0.363 e. The minimum atomic E-state index is -4.94. The van der Waals surface area contributed by atoms with Crippen molar-refractivity contribution in [3.8, 4) is 11.1 Å². The number of hydrogen-bond donors (Lipinski definition) is 2. The number of hydrogen-bond acceptors (Lipinski definition) is 8. The molecule has 0 spiro atoms. The SMILES string of the molecule is COC(=O)c1ccccc1-c1c2cc3c(cc2[o+]c2cc4c(cc12)CCCN4)NCCC3.[O-][Cl+3]([O-])([O-])[O-]. The van der Waals surface area contributed by atoms with Crippen molar-refractivity contribution in [1.29, 1.82) is 0 Å². The van der Waals surface area contributed by atoms with Crippen LogP contribution in [-0.2, 0) is 17.6 Å². The summed E-state index contributed by atoms with van der Waals surface area (Å²) in [5, 5.41) is 9.06. The molecular weight excluding hydrogens is 500 g/mol. The number of benzene rings is 3. The van der Waals surface area contributed by atoms with Gasteiger partial charge in [0.1, 0.15) is 0 Å². The van der Waals surface area contributed by atoms with Gasteiger partial charge in [0.05, 0.1) is 35.6 Å². The lowest BCUT2D eigenvalue weighted by atomic mass is 9.90. The molecule has 37 heavy (non-hydrogen) atoms. The van der Waals surface area contributed by atoms with Crippen LogP contribution in [0, 0.1) is 10.2 Å². The van der Waals surface area contributed by atoms with E-state index < -0.39 is 10.2 Å². The van der Waals surface area contributed by atoms with E-state index in [1.165, 1.54) is 18.2 Å². The summed E-state index contributed by atoms with van der Waals surface area (Å²) in [6, 6.07) is 16.4. The van der Waals surface area contributed by atoms with Crippen LogP contribution in [0.5, 0.6) is 0 Å². The Labute approximate surface area is 215 Å². The van der Waals surface area contributed by atoms with Crippen molar-refractivity contribution in [1.82, 2.24) is 0 Å². The number of halogens is 1. The molecule has 0 radical (unpaired) electrons. The molecule has 0 atom stereocenters. The van der Waals surface area contributed by atoms with Crippen LogP contribution >= 0.6 is 0 Å². The van der Waals surface area contributed by atoms with Crippen LogP contribution in [0.2, 0.25) is 0 Å². The maximum absolute atomic E-state index is 12.7. The number of anilines is 2. The summed E-state index contributed by atoms with van der Waals surface area (Å²) < 4.78 is 45.6. The Morgan fingerprint density at radius 2 is 1.38 bits per heavy atom.